The molecule has 0 aliphatic heterocycles. The Morgan fingerprint density at radius 2 is 1.66 bits per heavy atom. The highest BCUT2D eigenvalue weighted by Crippen LogP contribution is 2.26. The van der Waals surface area contributed by atoms with Crippen LogP contribution in [0.5, 0.6) is 11.5 Å². The summed E-state index contributed by atoms with van der Waals surface area (Å²) in [6.45, 7) is 2.24. The maximum absolute atomic E-state index is 5.88. The van der Waals surface area contributed by atoms with Crippen molar-refractivity contribution in [3.8, 4) is 22.6 Å². The zero-order valence-electron chi connectivity index (χ0n) is 16.9. The second-order valence-electron chi connectivity index (χ2n) is 7.28. The van der Waals surface area contributed by atoms with E-state index >= 15 is 0 Å². The van der Waals surface area contributed by atoms with Gasteiger partial charge in [0.2, 0.25) is 0 Å². The number of hydrogen-bond donors (Lipinski definition) is 1. The molecule has 3 aromatic rings. The van der Waals surface area contributed by atoms with Crippen LogP contribution < -0.4 is 14.8 Å². The molecular weight excluding hydrogens is 362 g/mol. The summed E-state index contributed by atoms with van der Waals surface area (Å²) in [5.74, 6) is 2.63. The Labute approximate surface area is 172 Å². The van der Waals surface area contributed by atoms with Gasteiger partial charge in [0.05, 0.1) is 20.3 Å². The van der Waals surface area contributed by atoms with E-state index < -0.39 is 0 Å². The third-order valence-electron chi connectivity index (χ3n) is 5.25. The van der Waals surface area contributed by atoms with Gasteiger partial charge in [-0.3, -0.25) is 0 Å². The van der Waals surface area contributed by atoms with E-state index in [2.05, 4.69) is 33.5 Å². The van der Waals surface area contributed by atoms with Gasteiger partial charge in [0, 0.05) is 18.0 Å². The number of benzene rings is 2. The van der Waals surface area contributed by atoms with Gasteiger partial charge in [0.1, 0.15) is 17.3 Å². The highest BCUT2D eigenvalue weighted by molar-refractivity contribution is 5.62. The average Bonchev–Trinajstić information content (AvgIpc) is 3.24. The minimum atomic E-state index is 0.655. The number of methoxy groups -OCH3 is 1. The first-order valence-electron chi connectivity index (χ1n) is 10.2. The smallest absolute Gasteiger partial charge is 0.141 e. The predicted octanol–water partition coefficient (Wildman–Crippen LogP) is 4.20. The molecule has 1 heterocycles. The zero-order valence-corrected chi connectivity index (χ0v) is 16.9. The fourth-order valence-corrected chi connectivity index (χ4v) is 3.60. The van der Waals surface area contributed by atoms with E-state index in [1.165, 1.54) is 30.4 Å². The summed E-state index contributed by atoms with van der Waals surface area (Å²) >= 11 is 0. The van der Waals surface area contributed by atoms with Crippen LogP contribution in [-0.2, 0) is 19.4 Å². The normalized spacial score (nSPS) is 12.6. The number of fused-ring (bicyclic) bond motifs is 1. The molecule has 1 N–H and O–H groups in total. The van der Waals surface area contributed by atoms with Gasteiger partial charge in [-0.1, -0.05) is 18.2 Å². The summed E-state index contributed by atoms with van der Waals surface area (Å²) in [7, 11) is 1.67. The van der Waals surface area contributed by atoms with Gasteiger partial charge in [-0.15, -0.1) is 0 Å². The van der Waals surface area contributed by atoms with Crippen molar-refractivity contribution in [3.63, 3.8) is 0 Å². The maximum atomic E-state index is 5.88. The van der Waals surface area contributed by atoms with Crippen molar-refractivity contribution in [2.75, 3.05) is 20.3 Å². The topological polar surface area (TPSA) is 56.3 Å². The van der Waals surface area contributed by atoms with E-state index in [0.717, 1.165) is 41.4 Å². The molecule has 1 aromatic heterocycles. The van der Waals surface area contributed by atoms with Crippen molar-refractivity contribution >= 4 is 0 Å². The average molecular weight is 389 g/mol. The summed E-state index contributed by atoms with van der Waals surface area (Å²) in [5, 5.41) is 3.38. The molecule has 0 amide bonds. The van der Waals surface area contributed by atoms with Gasteiger partial charge >= 0.3 is 0 Å². The molecule has 0 radical (unpaired) electrons. The Morgan fingerprint density at radius 3 is 2.45 bits per heavy atom. The summed E-state index contributed by atoms with van der Waals surface area (Å²) in [5.41, 5.74) is 5.01. The van der Waals surface area contributed by atoms with Crippen LogP contribution in [0.25, 0.3) is 11.1 Å². The van der Waals surface area contributed by atoms with Crippen molar-refractivity contribution in [1.82, 2.24) is 15.3 Å². The Morgan fingerprint density at radius 1 is 0.897 bits per heavy atom. The Kier molecular flexibility index (Phi) is 6.37. The van der Waals surface area contributed by atoms with E-state index in [0.29, 0.717) is 13.2 Å². The Balaban J connectivity index is 1.17. The minimum absolute atomic E-state index is 0.655. The zero-order chi connectivity index (χ0) is 19.9. The monoisotopic (exact) mass is 389 g/mol. The molecule has 150 valence electrons. The molecule has 0 atom stereocenters. The molecule has 1 aliphatic carbocycles. The molecular formula is C24H27N3O2. The first kappa shape index (κ1) is 19.4. The number of aryl methyl sites for hydroxylation is 2. The molecule has 1 aliphatic rings. The second kappa shape index (κ2) is 9.52. The number of nitrogens with zero attached hydrogens (tertiary/aromatic N) is 2. The number of ether oxygens (including phenoxy) is 2. The van der Waals surface area contributed by atoms with E-state index in [1.807, 2.05) is 36.7 Å². The lowest BCUT2D eigenvalue weighted by molar-refractivity contribution is 0.307. The van der Waals surface area contributed by atoms with Crippen LogP contribution in [0.1, 0.15) is 29.8 Å². The van der Waals surface area contributed by atoms with Crippen LogP contribution in [0.3, 0.4) is 0 Å². The number of hydrogen-bond acceptors (Lipinski definition) is 5. The van der Waals surface area contributed by atoms with Gasteiger partial charge in [-0.2, -0.15) is 0 Å². The van der Waals surface area contributed by atoms with Crippen LogP contribution in [0.4, 0.5) is 0 Å². The first-order chi connectivity index (χ1) is 14.3. The molecule has 0 saturated heterocycles. The molecule has 0 fully saturated rings. The third kappa shape index (κ3) is 5.12. The van der Waals surface area contributed by atoms with E-state index in [1.54, 1.807) is 7.11 Å². The van der Waals surface area contributed by atoms with Crippen LogP contribution in [0.2, 0.25) is 0 Å². The van der Waals surface area contributed by atoms with Crippen LogP contribution in [0, 0.1) is 0 Å². The second-order valence-corrected chi connectivity index (χ2v) is 7.28. The summed E-state index contributed by atoms with van der Waals surface area (Å²) < 4.78 is 11.1. The van der Waals surface area contributed by atoms with E-state index in [-0.39, 0.29) is 0 Å². The van der Waals surface area contributed by atoms with Gasteiger partial charge in [0.25, 0.3) is 0 Å². The van der Waals surface area contributed by atoms with Crippen molar-refractivity contribution in [3.05, 3.63) is 71.8 Å². The highest BCUT2D eigenvalue weighted by Gasteiger charge is 2.11. The molecule has 0 saturated carbocycles. The minimum Gasteiger partial charge on any atom is -0.497 e. The van der Waals surface area contributed by atoms with Crippen molar-refractivity contribution in [1.29, 1.82) is 0 Å². The van der Waals surface area contributed by atoms with Crippen LogP contribution >= 0.6 is 0 Å². The lowest BCUT2D eigenvalue weighted by Gasteiger charge is -2.09. The largest absolute Gasteiger partial charge is 0.497 e. The lowest BCUT2D eigenvalue weighted by Crippen LogP contribution is -2.18. The van der Waals surface area contributed by atoms with Crippen molar-refractivity contribution in [2.24, 2.45) is 0 Å². The molecule has 0 bridgehead atoms. The number of rotatable bonds is 9. The molecule has 4 rings (SSSR count). The highest BCUT2D eigenvalue weighted by atomic mass is 16.5. The molecule has 5 heteroatoms. The Hall–Kier alpha value is -2.92. The predicted molar refractivity (Wildman–Crippen MR) is 114 cm³/mol. The summed E-state index contributed by atoms with van der Waals surface area (Å²) in [4.78, 5) is 8.92. The molecule has 5 nitrogen and oxygen atoms in total. The van der Waals surface area contributed by atoms with Gasteiger partial charge in [0.15, 0.2) is 0 Å². The number of aromatic nitrogens is 2. The van der Waals surface area contributed by atoms with E-state index in [9.17, 15) is 0 Å². The van der Waals surface area contributed by atoms with Crippen LogP contribution in [-0.4, -0.2) is 30.2 Å². The fraction of sp³-hybridized carbons (Fsp3) is 0.333. The standard InChI is InChI=1S/C24H27N3O2/c1-28-22-9-6-19(7-10-22)21-15-26-24(27-16-21)17-25-12-3-13-29-23-11-8-18-4-2-5-20(18)14-23/h6-11,14-16,25H,2-5,12-13,17H2,1H3. The van der Waals surface area contributed by atoms with Gasteiger partial charge in [-0.05, 0) is 73.2 Å². The SMILES string of the molecule is COc1ccc(-c2cnc(CNCCCOc3ccc4c(c3)CCC4)nc2)cc1. The lowest BCUT2D eigenvalue weighted by atomic mass is 10.1. The molecule has 0 unspecified atom stereocenters. The molecule has 2 aromatic carbocycles. The van der Waals surface area contributed by atoms with Crippen LogP contribution in [0.15, 0.2) is 54.9 Å². The van der Waals surface area contributed by atoms with Gasteiger partial charge < -0.3 is 14.8 Å². The molecule has 29 heavy (non-hydrogen) atoms. The maximum Gasteiger partial charge on any atom is 0.141 e. The van der Waals surface area contributed by atoms with Crippen molar-refractivity contribution in [2.45, 2.75) is 32.2 Å². The Bertz CT molecular complexity index is 924. The number of nitrogens with one attached hydrogen (secondary N) is 1. The van der Waals surface area contributed by atoms with E-state index in [4.69, 9.17) is 9.47 Å². The van der Waals surface area contributed by atoms with Gasteiger partial charge in [-0.25, -0.2) is 9.97 Å². The summed E-state index contributed by atoms with van der Waals surface area (Å²) in [6.07, 6.45) is 8.34. The first-order valence-corrected chi connectivity index (χ1v) is 10.2. The fourth-order valence-electron chi connectivity index (χ4n) is 3.60. The molecule has 0 spiro atoms. The quantitative estimate of drug-likeness (QED) is 0.556. The summed E-state index contributed by atoms with van der Waals surface area (Å²) in [6, 6.07) is 14.4. The third-order valence-corrected chi connectivity index (χ3v) is 5.25. The van der Waals surface area contributed by atoms with Crippen molar-refractivity contribution < 1.29 is 9.47 Å².